The van der Waals surface area contributed by atoms with E-state index in [-0.39, 0.29) is 17.9 Å². The number of aromatic nitrogens is 2. The second-order valence-corrected chi connectivity index (χ2v) is 3.96. The van der Waals surface area contributed by atoms with E-state index in [1.807, 2.05) is 12.1 Å². The molecule has 0 unspecified atom stereocenters. The number of H-pyrrole nitrogens is 1. The van der Waals surface area contributed by atoms with E-state index in [9.17, 15) is 9.59 Å². The van der Waals surface area contributed by atoms with E-state index in [0.29, 0.717) is 0 Å². The Morgan fingerprint density at radius 3 is 2.65 bits per heavy atom. The van der Waals surface area contributed by atoms with Gasteiger partial charge in [-0.25, -0.2) is 9.78 Å². The molecule has 0 radical (unpaired) electrons. The number of imidazole rings is 1. The number of carbonyl (C=O) groups is 2. The number of amides is 1. The lowest BCUT2D eigenvalue weighted by atomic mass is 10.2. The number of rotatable bonds is 5. The van der Waals surface area contributed by atoms with Gasteiger partial charge >= 0.3 is 5.97 Å². The monoisotopic (exact) mass is 275 g/mol. The Balaban J connectivity index is 2.01. The van der Waals surface area contributed by atoms with E-state index in [0.717, 1.165) is 11.3 Å². The minimum Gasteiger partial charge on any atom is -0.497 e. The largest absolute Gasteiger partial charge is 0.497 e. The van der Waals surface area contributed by atoms with Crippen molar-refractivity contribution in [2.75, 3.05) is 7.11 Å². The third kappa shape index (κ3) is 2.94. The number of hydrogen-bond donors (Lipinski definition) is 3. The van der Waals surface area contributed by atoms with Crippen molar-refractivity contribution in [3.05, 3.63) is 47.5 Å². The summed E-state index contributed by atoms with van der Waals surface area (Å²) in [6, 6.07) is 7.17. The van der Waals surface area contributed by atoms with Crippen molar-refractivity contribution in [1.82, 2.24) is 15.3 Å². The van der Waals surface area contributed by atoms with Crippen LogP contribution in [0, 0.1) is 0 Å². The first-order valence-corrected chi connectivity index (χ1v) is 5.79. The fraction of sp³-hybridized carbons (Fsp3) is 0.154. The molecule has 7 nitrogen and oxygen atoms in total. The molecule has 7 heteroatoms. The zero-order valence-electron chi connectivity index (χ0n) is 10.7. The minimum atomic E-state index is -1.22. The molecular weight excluding hydrogens is 262 g/mol. The molecule has 0 spiro atoms. The molecule has 2 aromatic rings. The molecular formula is C13H13N3O4. The molecule has 0 saturated heterocycles. The molecule has 0 aliphatic rings. The SMILES string of the molecule is COc1ccc(CNC(=O)c2nc[nH]c2C(=O)O)cc1. The van der Waals surface area contributed by atoms with Crippen LogP contribution in [-0.2, 0) is 6.54 Å². The quantitative estimate of drug-likeness (QED) is 0.756. The lowest BCUT2D eigenvalue weighted by Gasteiger charge is -2.05. The van der Waals surface area contributed by atoms with Crippen LogP contribution in [-0.4, -0.2) is 34.1 Å². The van der Waals surface area contributed by atoms with Gasteiger partial charge < -0.3 is 20.1 Å². The number of hydrogen-bond acceptors (Lipinski definition) is 4. The molecule has 1 aromatic carbocycles. The summed E-state index contributed by atoms with van der Waals surface area (Å²) in [5.41, 5.74) is 0.509. The second-order valence-electron chi connectivity index (χ2n) is 3.96. The predicted molar refractivity (Wildman–Crippen MR) is 69.7 cm³/mol. The first-order valence-electron chi connectivity index (χ1n) is 5.79. The summed E-state index contributed by atoms with van der Waals surface area (Å²) in [5.74, 6) is -1.04. The maximum Gasteiger partial charge on any atom is 0.354 e. The zero-order chi connectivity index (χ0) is 14.5. The van der Waals surface area contributed by atoms with E-state index in [4.69, 9.17) is 9.84 Å². The van der Waals surface area contributed by atoms with Gasteiger partial charge in [-0.1, -0.05) is 12.1 Å². The maximum atomic E-state index is 11.8. The third-order valence-corrected chi connectivity index (χ3v) is 2.68. The lowest BCUT2D eigenvalue weighted by Crippen LogP contribution is -2.25. The van der Waals surface area contributed by atoms with Crippen LogP contribution in [0.25, 0.3) is 0 Å². The number of aromatic amines is 1. The number of methoxy groups -OCH3 is 1. The highest BCUT2D eigenvalue weighted by atomic mass is 16.5. The van der Waals surface area contributed by atoms with Crippen molar-refractivity contribution in [3.63, 3.8) is 0 Å². The Hall–Kier alpha value is -2.83. The molecule has 1 heterocycles. The molecule has 1 amide bonds. The highest BCUT2D eigenvalue weighted by molar-refractivity contribution is 6.02. The van der Waals surface area contributed by atoms with Gasteiger partial charge in [0.05, 0.1) is 13.4 Å². The van der Waals surface area contributed by atoms with Gasteiger partial charge in [0.2, 0.25) is 0 Å². The first-order chi connectivity index (χ1) is 9.61. The van der Waals surface area contributed by atoms with Crippen molar-refractivity contribution in [1.29, 1.82) is 0 Å². The van der Waals surface area contributed by atoms with Crippen LogP contribution in [0.4, 0.5) is 0 Å². The van der Waals surface area contributed by atoms with Crippen molar-refractivity contribution in [3.8, 4) is 5.75 Å². The van der Waals surface area contributed by atoms with Crippen LogP contribution in [0.1, 0.15) is 26.5 Å². The van der Waals surface area contributed by atoms with E-state index in [2.05, 4.69) is 15.3 Å². The summed E-state index contributed by atoms with van der Waals surface area (Å²) < 4.78 is 5.03. The van der Waals surface area contributed by atoms with Crippen LogP contribution in [0.15, 0.2) is 30.6 Å². The summed E-state index contributed by atoms with van der Waals surface area (Å²) >= 11 is 0. The number of carboxylic acid groups (broad SMARTS) is 1. The molecule has 0 aliphatic carbocycles. The summed E-state index contributed by atoms with van der Waals surface area (Å²) in [7, 11) is 1.57. The van der Waals surface area contributed by atoms with Gasteiger partial charge in [0.25, 0.3) is 5.91 Å². The third-order valence-electron chi connectivity index (χ3n) is 2.68. The zero-order valence-corrected chi connectivity index (χ0v) is 10.7. The Bertz CT molecular complexity index is 619. The van der Waals surface area contributed by atoms with Crippen molar-refractivity contribution < 1.29 is 19.4 Å². The highest BCUT2D eigenvalue weighted by Crippen LogP contribution is 2.11. The van der Waals surface area contributed by atoms with Crippen LogP contribution < -0.4 is 10.1 Å². The fourth-order valence-corrected chi connectivity index (χ4v) is 1.64. The number of nitrogens with one attached hydrogen (secondary N) is 2. The molecule has 1 aromatic heterocycles. The minimum absolute atomic E-state index is 0.133. The molecule has 0 aliphatic heterocycles. The van der Waals surface area contributed by atoms with Crippen molar-refractivity contribution >= 4 is 11.9 Å². The second kappa shape index (κ2) is 5.87. The van der Waals surface area contributed by atoms with Crippen molar-refractivity contribution in [2.24, 2.45) is 0 Å². The smallest absolute Gasteiger partial charge is 0.354 e. The van der Waals surface area contributed by atoms with Gasteiger partial charge in [0.15, 0.2) is 11.4 Å². The number of benzene rings is 1. The van der Waals surface area contributed by atoms with Crippen molar-refractivity contribution in [2.45, 2.75) is 6.54 Å². The van der Waals surface area contributed by atoms with Crippen LogP contribution in [0.3, 0.4) is 0 Å². The molecule has 2 rings (SSSR count). The summed E-state index contributed by atoms with van der Waals surface area (Å²) in [6.45, 7) is 0.273. The summed E-state index contributed by atoms with van der Waals surface area (Å²) in [6.07, 6.45) is 1.17. The van der Waals surface area contributed by atoms with Gasteiger partial charge in [-0.3, -0.25) is 4.79 Å². The van der Waals surface area contributed by atoms with E-state index in [1.165, 1.54) is 6.33 Å². The fourth-order valence-electron chi connectivity index (χ4n) is 1.64. The molecule has 20 heavy (non-hydrogen) atoms. The van der Waals surface area contributed by atoms with Crippen LogP contribution >= 0.6 is 0 Å². The van der Waals surface area contributed by atoms with Gasteiger partial charge in [-0.15, -0.1) is 0 Å². The van der Waals surface area contributed by atoms with E-state index >= 15 is 0 Å². The van der Waals surface area contributed by atoms with E-state index < -0.39 is 11.9 Å². The van der Waals surface area contributed by atoms with Gasteiger partial charge in [-0.05, 0) is 17.7 Å². The Morgan fingerprint density at radius 2 is 2.05 bits per heavy atom. The Morgan fingerprint density at radius 1 is 1.35 bits per heavy atom. The molecule has 0 fully saturated rings. The Labute approximate surface area is 114 Å². The first kappa shape index (κ1) is 13.6. The maximum absolute atomic E-state index is 11.8. The number of carboxylic acids is 1. The van der Waals surface area contributed by atoms with Gasteiger partial charge in [0.1, 0.15) is 5.75 Å². The Kier molecular flexibility index (Phi) is 3.99. The average Bonchev–Trinajstić information content (AvgIpc) is 2.95. The standard InChI is InChI=1S/C13H13N3O4/c1-20-9-4-2-8(3-5-9)6-14-12(17)10-11(13(18)19)16-7-15-10/h2-5,7H,6H2,1H3,(H,14,17)(H,15,16)(H,18,19). The molecule has 3 N–H and O–H groups in total. The topological polar surface area (TPSA) is 104 Å². The molecule has 0 saturated carbocycles. The number of nitrogens with zero attached hydrogens (tertiary/aromatic N) is 1. The van der Waals surface area contributed by atoms with Crippen LogP contribution in [0.5, 0.6) is 5.75 Å². The molecule has 0 bridgehead atoms. The lowest BCUT2D eigenvalue weighted by molar-refractivity contribution is 0.0685. The van der Waals surface area contributed by atoms with E-state index in [1.54, 1.807) is 19.2 Å². The summed E-state index contributed by atoms with van der Waals surface area (Å²) in [4.78, 5) is 28.8. The normalized spacial score (nSPS) is 10.1. The van der Waals surface area contributed by atoms with Crippen LogP contribution in [0.2, 0.25) is 0 Å². The molecule has 0 atom stereocenters. The number of carbonyl (C=O) groups excluding carboxylic acids is 1. The van der Waals surface area contributed by atoms with Gasteiger partial charge in [-0.2, -0.15) is 0 Å². The summed E-state index contributed by atoms with van der Waals surface area (Å²) in [5, 5.41) is 11.5. The number of aromatic carboxylic acids is 1. The highest BCUT2D eigenvalue weighted by Gasteiger charge is 2.19. The van der Waals surface area contributed by atoms with Gasteiger partial charge in [0, 0.05) is 6.54 Å². The average molecular weight is 275 g/mol. The number of ether oxygens (including phenoxy) is 1. The predicted octanol–water partition coefficient (Wildman–Crippen LogP) is 1.05. The molecule has 104 valence electrons.